The zero-order valence-electron chi connectivity index (χ0n) is 9.08. The second-order valence-electron chi connectivity index (χ2n) is 3.98. The van der Waals surface area contributed by atoms with E-state index in [4.69, 9.17) is 27.9 Å². The maximum absolute atomic E-state index is 10.6. The van der Waals surface area contributed by atoms with Gasteiger partial charge in [0.2, 0.25) is 6.08 Å². The van der Waals surface area contributed by atoms with Crippen molar-refractivity contribution in [3.63, 3.8) is 0 Å². The zero-order valence-corrected chi connectivity index (χ0v) is 10.6. The van der Waals surface area contributed by atoms with Crippen LogP contribution in [-0.2, 0) is 15.1 Å². The summed E-state index contributed by atoms with van der Waals surface area (Å²) < 4.78 is 5.30. The topological polar surface area (TPSA) is 38.7 Å². The van der Waals surface area contributed by atoms with Crippen LogP contribution >= 0.6 is 23.2 Å². The number of aliphatic imine (C=N–C) groups is 1. The fourth-order valence-corrected chi connectivity index (χ4v) is 2.35. The van der Waals surface area contributed by atoms with Gasteiger partial charge < -0.3 is 4.74 Å². The third-order valence-corrected chi connectivity index (χ3v) is 3.78. The Morgan fingerprint density at radius 3 is 2.53 bits per heavy atom. The van der Waals surface area contributed by atoms with Gasteiger partial charge in [-0.2, -0.15) is 4.99 Å². The van der Waals surface area contributed by atoms with Gasteiger partial charge in [0.1, 0.15) is 5.54 Å². The Morgan fingerprint density at radius 1 is 1.24 bits per heavy atom. The summed E-state index contributed by atoms with van der Waals surface area (Å²) in [5.41, 5.74) is 0.326. The molecule has 1 aliphatic rings. The molecule has 0 N–H and O–H groups in total. The number of nitrogens with zero attached hydrogens (tertiary/aromatic N) is 1. The van der Waals surface area contributed by atoms with Gasteiger partial charge in [0, 0.05) is 26.1 Å². The molecule has 1 aromatic rings. The number of rotatable bonds is 2. The first-order valence-electron chi connectivity index (χ1n) is 5.30. The third-order valence-electron chi connectivity index (χ3n) is 3.04. The lowest BCUT2D eigenvalue weighted by molar-refractivity contribution is 0.0531. The van der Waals surface area contributed by atoms with Gasteiger partial charge in [0.05, 0.1) is 10.0 Å². The SMILES string of the molecule is O=C=NC1(c2ccc(Cl)c(Cl)c2)CCOCC1. The first-order valence-corrected chi connectivity index (χ1v) is 6.06. The van der Waals surface area contributed by atoms with Gasteiger partial charge in [-0.15, -0.1) is 0 Å². The predicted octanol–water partition coefficient (Wildman–Crippen LogP) is 3.33. The molecule has 17 heavy (non-hydrogen) atoms. The number of hydrogen-bond donors (Lipinski definition) is 0. The summed E-state index contributed by atoms with van der Waals surface area (Å²) in [5, 5.41) is 0.962. The van der Waals surface area contributed by atoms with Crippen molar-refractivity contribution in [3.8, 4) is 0 Å². The van der Waals surface area contributed by atoms with Gasteiger partial charge in [0.25, 0.3) is 0 Å². The molecule has 1 fully saturated rings. The molecule has 0 saturated carbocycles. The van der Waals surface area contributed by atoms with E-state index < -0.39 is 5.54 Å². The van der Waals surface area contributed by atoms with Crippen LogP contribution in [0.3, 0.4) is 0 Å². The van der Waals surface area contributed by atoms with E-state index in [1.54, 1.807) is 18.2 Å². The van der Waals surface area contributed by atoms with Crippen LogP contribution in [0.5, 0.6) is 0 Å². The van der Waals surface area contributed by atoms with Gasteiger partial charge >= 0.3 is 0 Å². The van der Waals surface area contributed by atoms with Gasteiger partial charge in [-0.05, 0) is 17.7 Å². The highest BCUT2D eigenvalue weighted by Gasteiger charge is 2.34. The minimum Gasteiger partial charge on any atom is -0.381 e. The highest BCUT2D eigenvalue weighted by molar-refractivity contribution is 6.42. The van der Waals surface area contributed by atoms with Crippen molar-refractivity contribution in [2.45, 2.75) is 18.4 Å². The number of hydrogen-bond acceptors (Lipinski definition) is 3. The molecule has 90 valence electrons. The van der Waals surface area contributed by atoms with E-state index in [9.17, 15) is 4.79 Å². The van der Waals surface area contributed by atoms with Crippen LogP contribution in [0.25, 0.3) is 0 Å². The van der Waals surface area contributed by atoms with Crippen LogP contribution in [0, 0.1) is 0 Å². The number of ether oxygens (including phenoxy) is 1. The van der Waals surface area contributed by atoms with Crippen molar-refractivity contribution < 1.29 is 9.53 Å². The molecule has 5 heteroatoms. The summed E-state index contributed by atoms with van der Waals surface area (Å²) in [6.07, 6.45) is 2.96. The normalized spacial score (nSPS) is 18.5. The van der Waals surface area contributed by atoms with Crippen LogP contribution in [-0.4, -0.2) is 19.3 Å². The number of isocyanates is 1. The average molecular weight is 272 g/mol. The quantitative estimate of drug-likeness (QED) is 0.611. The molecule has 1 saturated heterocycles. The summed E-state index contributed by atoms with van der Waals surface area (Å²) in [4.78, 5) is 14.6. The minimum absolute atomic E-state index is 0.469. The second kappa shape index (κ2) is 5.19. The summed E-state index contributed by atoms with van der Waals surface area (Å²) in [7, 11) is 0. The average Bonchev–Trinajstić information content (AvgIpc) is 2.34. The van der Waals surface area contributed by atoms with E-state index in [1.807, 2.05) is 6.07 Å². The predicted molar refractivity (Wildman–Crippen MR) is 66.3 cm³/mol. The van der Waals surface area contributed by atoms with Crippen molar-refractivity contribution in [1.29, 1.82) is 0 Å². The number of carbonyl (C=O) groups excluding carboxylic acids is 1. The molecule has 0 spiro atoms. The smallest absolute Gasteiger partial charge is 0.235 e. The van der Waals surface area contributed by atoms with E-state index in [1.165, 1.54) is 0 Å². The summed E-state index contributed by atoms with van der Waals surface area (Å²) in [6, 6.07) is 5.33. The van der Waals surface area contributed by atoms with Crippen molar-refractivity contribution >= 4 is 29.3 Å². The number of benzene rings is 1. The highest BCUT2D eigenvalue weighted by Crippen LogP contribution is 2.38. The standard InChI is InChI=1S/C12H11Cl2NO2/c13-10-2-1-9(7-11(10)14)12(15-8-16)3-5-17-6-4-12/h1-2,7H,3-6H2. The van der Waals surface area contributed by atoms with Gasteiger partial charge in [-0.3, -0.25) is 0 Å². The Kier molecular flexibility index (Phi) is 3.85. The van der Waals surface area contributed by atoms with Crippen molar-refractivity contribution in [3.05, 3.63) is 33.8 Å². The first-order chi connectivity index (χ1) is 8.18. The van der Waals surface area contributed by atoms with Crippen molar-refractivity contribution in [2.75, 3.05) is 13.2 Å². The van der Waals surface area contributed by atoms with Crippen LogP contribution in [0.2, 0.25) is 10.0 Å². The summed E-state index contributed by atoms with van der Waals surface area (Å²) >= 11 is 11.9. The fourth-order valence-electron chi connectivity index (χ4n) is 2.05. The molecule has 2 rings (SSSR count). The lowest BCUT2D eigenvalue weighted by Crippen LogP contribution is -2.31. The van der Waals surface area contributed by atoms with Crippen LogP contribution < -0.4 is 0 Å². The van der Waals surface area contributed by atoms with Gasteiger partial charge in [-0.25, -0.2) is 4.79 Å². The molecule has 0 radical (unpaired) electrons. The highest BCUT2D eigenvalue weighted by atomic mass is 35.5. The Hall–Kier alpha value is -0.860. The van der Waals surface area contributed by atoms with Crippen LogP contribution in [0.4, 0.5) is 0 Å². The van der Waals surface area contributed by atoms with E-state index in [0.29, 0.717) is 36.1 Å². The maximum atomic E-state index is 10.6. The molecule has 1 heterocycles. The second-order valence-corrected chi connectivity index (χ2v) is 4.79. The first kappa shape index (κ1) is 12.6. The Bertz CT molecular complexity index is 464. The minimum atomic E-state index is -0.561. The molecule has 0 unspecified atom stereocenters. The van der Waals surface area contributed by atoms with Crippen molar-refractivity contribution in [1.82, 2.24) is 0 Å². The van der Waals surface area contributed by atoms with E-state index in [0.717, 1.165) is 5.56 Å². The molecular weight excluding hydrogens is 261 g/mol. The Labute approximate surface area is 109 Å². The third kappa shape index (κ3) is 2.53. The van der Waals surface area contributed by atoms with Crippen molar-refractivity contribution in [2.24, 2.45) is 4.99 Å². The lowest BCUT2D eigenvalue weighted by atomic mass is 9.83. The summed E-state index contributed by atoms with van der Waals surface area (Å²) in [5.74, 6) is 0. The molecule has 0 atom stereocenters. The molecular formula is C12H11Cl2NO2. The lowest BCUT2D eigenvalue weighted by Gasteiger charge is -2.32. The zero-order chi connectivity index (χ0) is 12.3. The molecule has 0 aliphatic carbocycles. The molecule has 0 bridgehead atoms. The molecule has 1 aliphatic heterocycles. The van der Waals surface area contributed by atoms with E-state index in [2.05, 4.69) is 4.99 Å². The van der Waals surface area contributed by atoms with Gasteiger partial charge in [0.15, 0.2) is 0 Å². The summed E-state index contributed by atoms with van der Waals surface area (Å²) in [6.45, 7) is 1.15. The molecule has 0 aromatic heterocycles. The molecule has 0 amide bonds. The molecule has 3 nitrogen and oxygen atoms in total. The Morgan fingerprint density at radius 2 is 1.94 bits per heavy atom. The number of halogens is 2. The van der Waals surface area contributed by atoms with E-state index in [-0.39, 0.29) is 0 Å². The Balaban J connectivity index is 2.44. The fraction of sp³-hybridized carbons (Fsp3) is 0.417. The maximum Gasteiger partial charge on any atom is 0.235 e. The largest absolute Gasteiger partial charge is 0.381 e. The van der Waals surface area contributed by atoms with Crippen LogP contribution in [0.1, 0.15) is 18.4 Å². The molecule has 1 aromatic carbocycles. The van der Waals surface area contributed by atoms with E-state index >= 15 is 0 Å². The van der Waals surface area contributed by atoms with Gasteiger partial charge in [-0.1, -0.05) is 29.3 Å². The monoisotopic (exact) mass is 271 g/mol. The van der Waals surface area contributed by atoms with Crippen LogP contribution in [0.15, 0.2) is 23.2 Å².